The predicted molar refractivity (Wildman–Crippen MR) is 89.3 cm³/mol. The summed E-state index contributed by atoms with van der Waals surface area (Å²) in [6.45, 7) is 2.32. The van der Waals surface area contributed by atoms with E-state index in [4.69, 9.17) is 16.4 Å². The van der Waals surface area contributed by atoms with E-state index >= 15 is 0 Å². The van der Waals surface area contributed by atoms with Gasteiger partial charge >= 0.3 is 0 Å². The van der Waals surface area contributed by atoms with Crippen molar-refractivity contribution in [2.24, 2.45) is 10.8 Å². The Morgan fingerprint density at radius 3 is 2.74 bits per heavy atom. The largest absolute Gasteiger partial charge is 0.382 e. The van der Waals surface area contributed by atoms with Crippen molar-refractivity contribution in [3.05, 3.63) is 24.3 Å². The van der Waals surface area contributed by atoms with Crippen LogP contribution in [0.25, 0.3) is 0 Å². The highest BCUT2D eigenvalue weighted by molar-refractivity contribution is 6.45. The number of carbonyl (C=O) groups is 1. The average Bonchev–Trinajstić information content (AvgIpc) is 3.00. The summed E-state index contributed by atoms with van der Waals surface area (Å²) in [6, 6.07) is 8.67. The van der Waals surface area contributed by atoms with Crippen LogP contribution in [0.3, 0.4) is 0 Å². The number of anilines is 2. The van der Waals surface area contributed by atoms with Crippen molar-refractivity contribution in [1.82, 2.24) is 4.90 Å². The Labute approximate surface area is 134 Å². The molecule has 0 bridgehead atoms. The Morgan fingerprint density at radius 2 is 2.09 bits per heavy atom. The van der Waals surface area contributed by atoms with Crippen LogP contribution in [0.1, 0.15) is 12.8 Å². The number of hydrogen-bond donors (Lipinski definition) is 4. The van der Waals surface area contributed by atoms with Crippen molar-refractivity contribution in [1.29, 1.82) is 10.7 Å². The molecule has 1 fully saturated rings. The summed E-state index contributed by atoms with van der Waals surface area (Å²) in [5, 5.41) is 22.5. The number of amides is 1. The molecule has 1 amide bonds. The minimum absolute atomic E-state index is 0.0611. The lowest BCUT2D eigenvalue weighted by molar-refractivity contribution is -0.117. The van der Waals surface area contributed by atoms with Crippen molar-refractivity contribution in [3.63, 3.8) is 0 Å². The number of rotatable bonds is 6. The number of nitriles is 1. The fourth-order valence-electron chi connectivity index (χ4n) is 2.28. The van der Waals surface area contributed by atoms with E-state index < -0.39 is 5.84 Å². The molecule has 0 atom stereocenters. The molecule has 0 aliphatic carbocycles. The second-order valence-corrected chi connectivity index (χ2v) is 5.21. The third-order valence-corrected chi connectivity index (χ3v) is 3.37. The summed E-state index contributed by atoms with van der Waals surface area (Å²) in [6.07, 6.45) is 2.28. The van der Waals surface area contributed by atoms with Crippen LogP contribution in [0.15, 0.2) is 29.4 Å². The number of carbonyl (C=O) groups excluding carboxylic acids is 1. The summed E-state index contributed by atoms with van der Waals surface area (Å²) in [4.78, 5) is 14.1. The van der Waals surface area contributed by atoms with E-state index in [-0.39, 0.29) is 11.6 Å². The molecule has 1 aromatic rings. The molecular formula is C15H19N7O. The van der Waals surface area contributed by atoms with Crippen molar-refractivity contribution in [2.45, 2.75) is 12.8 Å². The van der Waals surface area contributed by atoms with Crippen LogP contribution in [-0.2, 0) is 4.79 Å². The molecule has 1 aromatic carbocycles. The molecular weight excluding hydrogens is 294 g/mol. The number of hydrogen-bond acceptors (Lipinski definition) is 6. The van der Waals surface area contributed by atoms with Crippen molar-refractivity contribution in [2.75, 3.05) is 30.4 Å². The minimum atomic E-state index is -0.407. The second kappa shape index (κ2) is 7.91. The van der Waals surface area contributed by atoms with Gasteiger partial charge in [0.25, 0.3) is 0 Å². The van der Waals surface area contributed by atoms with Gasteiger partial charge in [-0.25, -0.2) is 0 Å². The molecule has 0 spiro atoms. The average molecular weight is 313 g/mol. The predicted octanol–water partition coefficient (Wildman–Crippen LogP) is 0.948. The molecule has 23 heavy (non-hydrogen) atoms. The molecule has 120 valence electrons. The third-order valence-electron chi connectivity index (χ3n) is 3.37. The zero-order valence-corrected chi connectivity index (χ0v) is 12.7. The van der Waals surface area contributed by atoms with E-state index in [1.807, 2.05) is 0 Å². The number of nitrogens with zero attached hydrogens (tertiary/aromatic N) is 3. The van der Waals surface area contributed by atoms with Gasteiger partial charge in [-0.2, -0.15) is 10.4 Å². The maximum atomic E-state index is 12.0. The van der Waals surface area contributed by atoms with Crippen LogP contribution in [0.2, 0.25) is 0 Å². The summed E-state index contributed by atoms with van der Waals surface area (Å²) < 4.78 is 0. The normalized spacial score (nSPS) is 15.0. The maximum Gasteiger partial charge on any atom is 0.238 e. The number of likely N-dealkylation sites (tertiary alicyclic amines) is 1. The maximum absolute atomic E-state index is 12.0. The van der Waals surface area contributed by atoms with Gasteiger partial charge in [-0.1, -0.05) is 6.07 Å². The lowest BCUT2D eigenvalue weighted by Gasteiger charge is -2.14. The lowest BCUT2D eigenvalue weighted by Crippen LogP contribution is -2.30. The van der Waals surface area contributed by atoms with Crippen LogP contribution >= 0.6 is 0 Å². The number of benzene rings is 1. The highest BCUT2D eigenvalue weighted by Crippen LogP contribution is 2.15. The van der Waals surface area contributed by atoms with Gasteiger partial charge in [-0.15, -0.1) is 0 Å². The fourth-order valence-corrected chi connectivity index (χ4v) is 2.28. The lowest BCUT2D eigenvalue weighted by atomic mass is 10.3. The standard InChI is InChI=1S/C15H19N7O/c16-9-13(15(17)18)21-20-12-5-3-4-11(8-12)19-14(23)10-22-6-1-2-7-22/h3-5,8,20H,1-2,6-7,10H2,(H3,17,18)(H,19,23)/b21-13+. The van der Waals surface area contributed by atoms with Crippen molar-refractivity contribution in [3.8, 4) is 6.07 Å². The topological polar surface area (TPSA) is 130 Å². The summed E-state index contributed by atoms with van der Waals surface area (Å²) >= 11 is 0. The molecule has 1 aliphatic rings. The Kier molecular flexibility index (Phi) is 5.66. The molecule has 0 aromatic heterocycles. The van der Waals surface area contributed by atoms with Crippen molar-refractivity contribution < 1.29 is 4.79 Å². The van der Waals surface area contributed by atoms with Crippen LogP contribution < -0.4 is 16.5 Å². The zero-order valence-electron chi connectivity index (χ0n) is 12.7. The van der Waals surface area contributed by atoms with Gasteiger partial charge in [0.2, 0.25) is 11.6 Å². The number of hydrazone groups is 1. The van der Waals surface area contributed by atoms with E-state index in [1.165, 1.54) is 0 Å². The Hall–Kier alpha value is -2.92. The molecule has 0 unspecified atom stereocenters. The summed E-state index contributed by atoms with van der Waals surface area (Å²) in [7, 11) is 0. The zero-order chi connectivity index (χ0) is 16.7. The van der Waals surface area contributed by atoms with E-state index in [0.29, 0.717) is 17.9 Å². The van der Waals surface area contributed by atoms with E-state index in [1.54, 1.807) is 30.3 Å². The SMILES string of the molecule is N#C/C(=N\Nc1cccc(NC(=O)CN2CCCC2)c1)C(=N)N. The third kappa shape index (κ3) is 5.09. The number of nitrogens with one attached hydrogen (secondary N) is 3. The quantitative estimate of drug-likeness (QED) is 0.353. The molecule has 5 N–H and O–H groups in total. The van der Waals surface area contributed by atoms with Gasteiger partial charge < -0.3 is 11.1 Å². The monoisotopic (exact) mass is 313 g/mol. The van der Waals surface area contributed by atoms with Crippen LogP contribution in [0, 0.1) is 16.7 Å². The highest BCUT2D eigenvalue weighted by Gasteiger charge is 2.15. The van der Waals surface area contributed by atoms with E-state index in [0.717, 1.165) is 25.9 Å². The molecule has 1 heterocycles. The molecule has 0 radical (unpaired) electrons. The number of nitrogens with two attached hydrogens (primary N) is 1. The van der Waals surface area contributed by atoms with Crippen molar-refractivity contribution >= 4 is 28.8 Å². The molecule has 1 aliphatic heterocycles. The molecule has 1 saturated heterocycles. The molecule has 0 saturated carbocycles. The summed E-state index contributed by atoms with van der Waals surface area (Å²) in [5.74, 6) is -0.468. The Balaban J connectivity index is 1.95. The molecule has 8 nitrogen and oxygen atoms in total. The fraction of sp³-hybridized carbons (Fsp3) is 0.333. The molecule has 8 heteroatoms. The first-order valence-electron chi connectivity index (χ1n) is 7.29. The van der Waals surface area contributed by atoms with Gasteiger partial charge in [-0.3, -0.25) is 20.5 Å². The smallest absolute Gasteiger partial charge is 0.238 e. The van der Waals surface area contributed by atoms with Crippen LogP contribution in [0.4, 0.5) is 11.4 Å². The first-order valence-corrected chi connectivity index (χ1v) is 7.29. The van der Waals surface area contributed by atoms with E-state index in [2.05, 4.69) is 20.7 Å². The first kappa shape index (κ1) is 16.5. The minimum Gasteiger partial charge on any atom is -0.382 e. The Bertz CT molecular complexity index is 656. The van der Waals surface area contributed by atoms with Gasteiger partial charge in [0.1, 0.15) is 6.07 Å². The van der Waals surface area contributed by atoms with Gasteiger partial charge in [0.05, 0.1) is 12.2 Å². The highest BCUT2D eigenvalue weighted by atomic mass is 16.2. The number of amidine groups is 1. The van der Waals surface area contributed by atoms with Crippen LogP contribution in [-0.4, -0.2) is 42.0 Å². The first-order chi connectivity index (χ1) is 11.1. The van der Waals surface area contributed by atoms with Crippen LogP contribution in [0.5, 0.6) is 0 Å². The van der Waals surface area contributed by atoms with Gasteiger partial charge in [-0.05, 0) is 44.1 Å². The van der Waals surface area contributed by atoms with E-state index in [9.17, 15) is 4.79 Å². The van der Waals surface area contributed by atoms with Gasteiger partial charge in [0.15, 0.2) is 5.84 Å². The Morgan fingerprint density at radius 1 is 1.39 bits per heavy atom. The second-order valence-electron chi connectivity index (χ2n) is 5.21. The molecule has 2 rings (SSSR count). The summed E-state index contributed by atoms with van der Waals surface area (Å²) in [5.41, 5.74) is 8.88. The van der Waals surface area contributed by atoms with Gasteiger partial charge in [0, 0.05) is 5.69 Å².